The number of aryl methyl sites for hydroxylation is 1. The number of anilines is 1. The van der Waals surface area contributed by atoms with Crippen molar-refractivity contribution in [2.24, 2.45) is 0 Å². The Labute approximate surface area is 137 Å². The number of amides is 1. The number of carbonyl (C=O) groups is 1. The smallest absolute Gasteiger partial charge is 0.237 e. The number of rotatable bonds is 5. The standard InChI is InChI=1S/C16H15N3O3S/c1-10-13(19-15(22-10)11-5-7-23-9-11)8-14(20)18-12-4-3-6-17-16(12)21-2/h3-7,9H,8H2,1-2H3,(H,18,20). The topological polar surface area (TPSA) is 77.2 Å². The zero-order valence-electron chi connectivity index (χ0n) is 12.7. The van der Waals surface area contributed by atoms with Gasteiger partial charge in [0.1, 0.15) is 11.4 Å². The van der Waals surface area contributed by atoms with Crippen LogP contribution in [0.3, 0.4) is 0 Å². The van der Waals surface area contributed by atoms with Crippen LogP contribution in [0, 0.1) is 6.92 Å². The number of pyridine rings is 1. The minimum absolute atomic E-state index is 0.123. The molecule has 1 N–H and O–H groups in total. The third-order valence-electron chi connectivity index (χ3n) is 3.23. The normalized spacial score (nSPS) is 10.5. The van der Waals surface area contributed by atoms with Gasteiger partial charge in [0.15, 0.2) is 0 Å². The third kappa shape index (κ3) is 3.40. The molecule has 0 fully saturated rings. The molecule has 1 amide bonds. The van der Waals surface area contributed by atoms with Gasteiger partial charge in [-0.3, -0.25) is 4.79 Å². The molecule has 0 aliphatic heterocycles. The minimum atomic E-state index is -0.204. The highest BCUT2D eigenvalue weighted by Gasteiger charge is 2.16. The van der Waals surface area contributed by atoms with Crippen LogP contribution in [0.4, 0.5) is 5.69 Å². The number of hydrogen-bond donors (Lipinski definition) is 1. The number of nitrogens with one attached hydrogen (secondary N) is 1. The fourth-order valence-electron chi connectivity index (χ4n) is 2.10. The zero-order chi connectivity index (χ0) is 16.2. The van der Waals surface area contributed by atoms with Gasteiger partial charge in [-0.2, -0.15) is 11.3 Å². The third-order valence-corrected chi connectivity index (χ3v) is 3.91. The van der Waals surface area contributed by atoms with E-state index < -0.39 is 0 Å². The summed E-state index contributed by atoms with van der Waals surface area (Å²) in [6.45, 7) is 1.80. The molecule has 3 rings (SSSR count). The van der Waals surface area contributed by atoms with Gasteiger partial charge in [0, 0.05) is 17.1 Å². The van der Waals surface area contributed by atoms with E-state index in [1.807, 2.05) is 16.8 Å². The van der Waals surface area contributed by atoms with Gasteiger partial charge in [-0.25, -0.2) is 9.97 Å². The van der Waals surface area contributed by atoms with Gasteiger partial charge >= 0.3 is 0 Å². The van der Waals surface area contributed by atoms with Crippen LogP contribution < -0.4 is 10.1 Å². The lowest BCUT2D eigenvalue weighted by Crippen LogP contribution is -2.16. The van der Waals surface area contributed by atoms with Crippen LogP contribution in [0.25, 0.3) is 11.5 Å². The Bertz CT molecular complexity index is 812. The Morgan fingerprint density at radius 3 is 3.04 bits per heavy atom. The van der Waals surface area contributed by atoms with Crippen molar-refractivity contribution in [2.75, 3.05) is 12.4 Å². The molecule has 23 heavy (non-hydrogen) atoms. The minimum Gasteiger partial charge on any atom is -0.480 e. The number of hydrogen-bond acceptors (Lipinski definition) is 6. The molecule has 3 heterocycles. The maximum Gasteiger partial charge on any atom is 0.237 e. The first-order valence-electron chi connectivity index (χ1n) is 6.95. The van der Waals surface area contributed by atoms with Crippen LogP contribution in [0.5, 0.6) is 5.88 Å². The molecule has 6 nitrogen and oxygen atoms in total. The van der Waals surface area contributed by atoms with Crippen molar-refractivity contribution >= 4 is 22.9 Å². The second-order valence-corrected chi connectivity index (χ2v) is 5.60. The maximum absolute atomic E-state index is 12.2. The largest absolute Gasteiger partial charge is 0.480 e. The molecule has 118 valence electrons. The van der Waals surface area contributed by atoms with Gasteiger partial charge in [-0.1, -0.05) is 0 Å². The molecule has 0 aliphatic carbocycles. The molecular weight excluding hydrogens is 314 g/mol. The number of thiophene rings is 1. The van der Waals surface area contributed by atoms with Crippen LogP contribution in [0.2, 0.25) is 0 Å². The van der Waals surface area contributed by atoms with E-state index in [0.29, 0.717) is 28.9 Å². The van der Waals surface area contributed by atoms with Crippen molar-refractivity contribution < 1.29 is 13.9 Å². The Morgan fingerprint density at radius 2 is 2.30 bits per heavy atom. The summed E-state index contributed by atoms with van der Waals surface area (Å²) in [6, 6.07) is 5.39. The lowest BCUT2D eigenvalue weighted by Gasteiger charge is -2.07. The Morgan fingerprint density at radius 1 is 1.43 bits per heavy atom. The van der Waals surface area contributed by atoms with Crippen LogP contribution in [0.15, 0.2) is 39.6 Å². The average molecular weight is 329 g/mol. The predicted octanol–water partition coefficient (Wildman–Crippen LogP) is 3.30. The van der Waals surface area contributed by atoms with Gasteiger partial charge in [-0.15, -0.1) is 0 Å². The summed E-state index contributed by atoms with van der Waals surface area (Å²) in [7, 11) is 1.51. The van der Waals surface area contributed by atoms with Gasteiger partial charge in [0.2, 0.25) is 17.7 Å². The summed E-state index contributed by atoms with van der Waals surface area (Å²) in [5, 5.41) is 6.68. The van der Waals surface area contributed by atoms with Crippen LogP contribution in [-0.4, -0.2) is 23.0 Å². The zero-order valence-corrected chi connectivity index (χ0v) is 13.5. The van der Waals surface area contributed by atoms with Crippen molar-refractivity contribution in [3.63, 3.8) is 0 Å². The quantitative estimate of drug-likeness (QED) is 0.777. The van der Waals surface area contributed by atoms with Crippen molar-refractivity contribution in [1.82, 2.24) is 9.97 Å². The lowest BCUT2D eigenvalue weighted by molar-refractivity contribution is -0.115. The Hall–Kier alpha value is -2.67. The van der Waals surface area contributed by atoms with Gasteiger partial charge in [0.25, 0.3) is 0 Å². The van der Waals surface area contributed by atoms with Crippen LogP contribution >= 0.6 is 11.3 Å². The van der Waals surface area contributed by atoms with Gasteiger partial charge in [0.05, 0.1) is 19.2 Å². The molecule has 0 aromatic carbocycles. The van der Waals surface area contributed by atoms with Gasteiger partial charge in [-0.05, 0) is 30.5 Å². The van der Waals surface area contributed by atoms with E-state index in [4.69, 9.17) is 9.15 Å². The number of methoxy groups -OCH3 is 1. The van der Waals surface area contributed by atoms with Crippen molar-refractivity contribution in [2.45, 2.75) is 13.3 Å². The predicted molar refractivity (Wildman–Crippen MR) is 87.7 cm³/mol. The monoisotopic (exact) mass is 329 g/mol. The molecule has 0 bridgehead atoms. The van der Waals surface area contributed by atoms with E-state index in [-0.39, 0.29) is 12.3 Å². The highest BCUT2D eigenvalue weighted by Crippen LogP contribution is 2.25. The fourth-order valence-corrected chi connectivity index (χ4v) is 2.73. The second-order valence-electron chi connectivity index (χ2n) is 4.82. The molecule has 0 unspecified atom stereocenters. The van der Waals surface area contributed by atoms with Crippen molar-refractivity contribution in [3.8, 4) is 17.3 Å². The lowest BCUT2D eigenvalue weighted by atomic mass is 10.2. The first-order valence-corrected chi connectivity index (χ1v) is 7.89. The van der Waals surface area contributed by atoms with Gasteiger partial charge < -0.3 is 14.5 Å². The Kier molecular flexibility index (Phi) is 4.38. The van der Waals surface area contributed by atoms with E-state index >= 15 is 0 Å². The number of oxazole rings is 1. The maximum atomic E-state index is 12.2. The summed E-state index contributed by atoms with van der Waals surface area (Å²) in [5.41, 5.74) is 2.06. The number of ether oxygens (including phenoxy) is 1. The summed E-state index contributed by atoms with van der Waals surface area (Å²) >= 11 is 1.57. The van der Waals surface area contributed by atoms with Crippen molar-refractivity contribution in [1.29, 1.82) is 0 Å². The summed E-state index contributed by atoms with van der Waals surface area (Å²) in [6.07, 6.45) is 1.72. The number of aromatic nitrogens is 2. The molecule has 3 aromatic rings. The molecule has 0 atom stereocenters. The molecule has 7 heteroatoms. The van der Waals surface area contributed by atoms with Crippen LogP contribution in [-0.2, 0) is 11.2 Å². The van der Waals surface area contributed by atoms with Crippen molar-refractivity contribution in [3.05, 3.63) is 46.6 Å². The second kappa shape index (κ2) is 6.62. The summed E-state index contributed by atoms with van der Waals surface area (Å²) in [4.78, 5) is 20.7. The fraction of sp³-hybridized carbons (Fsp3) is 0.188. The summed E-state index contributed by atoms with van der Waals surface area (Å²) < 4.78 is 10.7. The molecule has 0 saturated carbocycles. The Balaban J connectivity index is 1.73. The average Bonchev–Trinajstić information content (AvgIpc) is 3.18. The van der Waals surface area contributed by atoms with E-state index in [0.717, 1.165) is 5.56 Å². The molecule has 0 spiro atoms. The van der Waals surface area contributed by atoms with E-state index in [1.54, 1.807) is 36.6 Å². The number of nitrogens with zero attached hydrogens (tertiary/aromatic N) is 2. The molecule has 0 saturated heterocycles. The number of carbonyl (C=O) groups excluding carboxylic acids is 1. The summed E-state index contributed by atoms with van der Waals surface area (Å²) in [5.74, 6) is 1.34. The molecular formula is C16H15N3O3S. The first kappa shape index (κ1) is 15.2. The van der Waals surface area contributed by atoms with E-state index in [2.05, 4.69) is 15.3 Å². The van der Waals surface area contributed by atoms with Crippen LogP contribution in [0.1, 0.15) is 11.5 Å². The SMILES string of the molecule is COc1ncccc1NC(=O)Cc1nc(-c2ccsc2)oc1C. The molecule has 0 aliphatic rings. The highest BCUT2D eigenvalue weighted by molar-refractivity contribution is 7.08. The van der Waals surface area contributed by atoms with E-state index in [1.165, 1.54) is 7.11 Å². The first-order chi connectivity index (χ1) is 11.2. The highest BCUT2D eigenvalue weighted by atomic mass is 32.1. The molecule has 0 radical (unpaired) electrons. The molecule has 3 aromatic heterocycles. The van der Waals surface area contributed by atoms with E-state index in [9.17, 15) is 4.79 Å².